The molecule has 0 unspecified atom stereocenters. The van der Waals surface area contributed by atoms with E-state index in [1.807, 2.05) is 24.3 Å². The summed E-state index contributed by atoms with van der Waals surface area (Å²) < 4.78 is 27.8. The van der Waals surface area contributed by atoms with Crippen molar-refractivity contribution in [1.82, 2.24) is 0 Å². The van der Waals surface area contributed by atoms with Crippen molar-refractivity contribution in [3.63, 3.8) is 0 Å². The minimum Gasteiger partial charge on any atom is -0.467 e. The van der Waals surface area contributed by atoms with E-state index in [2.05, 4.69) is 167 Å². The Morgan fingerprint density at radius 1 is 0.393 bits per heavy atom. The Balaban J connectivity index is 1.17. The van der Waals surface area contributed by atoms with Gasteiger partial charge in [-0.15, -0.1) is 0 Å². The van der Waals surface area contributed by atoms with Crippen LogP contribution in [0.4, 0.5) is 34.1 Å². The average molecular weight is 793 g/mol. The number of nitrogens with zero attached hydrogens (tertiary/aromatic N) is 2. The Labute approximate surface area is 352 Å². The third-order valence-corrected chi connectivity index (χ3v) is 13.2. The van der Waals surface area contributed by atoms with Gasteiger partial charge < -0.3 is 27.5 Å². The summed E-state index contributed by atoms with van der Waals surface area (Å²) in [5.41, 5.74) is 16.5. The molecule has 0 aliphatic carbocycles. The second-order valence-electron chi connectivity index (χ2n) is 18.9. The van der Waals surface area contributed by atoms with Crippen LogP contribution in [0.25, 0.3) is 65.8 Å². The quantitative estimate of drug-likeness (QED) is 0.163. The van der Waals surface area contributed by atoms with E-state index in [0.29, 0.717) is 0 Å². The molecule has 7 heteroatoms. The number of hydrogen-bond acceptors (Lipinski definition) is 6. The van der Waals surface area contributed by atoms with E-state index in [9.17, 15) is 0 Å². The molecule has 0 N–H and O–H groups in total. The van der Waals surface area contributed by atoms with Gasteiger partial charge in [-0.25, -0.2) is 0 Å². The maximum absolute atomic E-state index is 7.44. The van der Waals surface area contributed by atoms with Crippen LogP contribution < -0.4 is 26.6 Å². The monoisotopic (exact) mass is 792 g/mol. The highest BCUT2D eigenvalue weighted by molar-refractivity contribution is 6.99. The molecule has 11 aromatic rings. The highest BCUT2D eigenvalue weighted by Gasteiger charge is 2.50. The van der Waals surface area contributed by atoms with Gasteiger partial charge in [-0.2, -0.15) is 0 Å². The number of para-hydroxylation sites is 2. The van der Waals surface area contributed by atoms with Crippen LogP contribution in [-0.4, -0.2) is 6.71 Å². The normalized spacial score (nSPS) is 14.0. The van der Waals surface area contributed by atoms with Crippen molar-refractivity contribution in [3.8, 4) is 0 Å². The molecule has 0 fully saturated rings. The molecule has 6 nitrogen and oxygen atoms in total. The molecule has 0 radical (unpaired) electrons. The first-order chi connectivity index (χ1) is 29.5. The van der Waals surface area contributed by atoms with E-state index in [1.54, 1.807) is 0 Å². The number of hydrogen-bond donors (Lipinski definition) is 0. The van der Waals surface area contributed by atoms with Crippen molar-refractivity contribution in [2.45, 2.75) is 52.4 Å². The molecule has 0 saturated carbocycles. The van der Waals surface area contributed by atoms with Crippen LogP contribution in [-0.2, 0) is 10.8 Å². The van der Waals surface area contributed by atoms with Gasteiger partial charge in [-0.3, -0.25) is 0 Å². The molecule has 294 valence electrons. The summed E-state index contributed by atoms with van der Waals surface area (Å²) in [5.74, 6) is 0. The first-order valence-electron chi connectivity index (χ1n) is 21.2. The highest BCUT2D eigenvalue weighted by Crippen LogP contribution is 2.51. The number of furan rings is 4. The standard InChI is InChI=1S/C54H41BN2O4/c1-53(2,3)30-18-22-32(23-19-30)56-38-14-11-15-39-46(38)55(51-47(56)36-26-28-42-44(49(36)60-51)34-12-7-9-16-40(34)58-42)52-48(57(39)33-24-20-31(21-25-33)54(4,5)6)37-27-29-43-45(50(37)61-52)35-13-8-10-17-41(35)59-43/h7-29H,1-6H3. The molecule has 13 rings (SSSR count). The van der Waals surface area contributed by atoms with Crippen LogP contribution in [0.15, 0.2) is 157 Å². The Morgan fingerprint density at radius 3 is 1.25 bits per heavy atom. The summed E-state index contributed by atoms with van der Waals surface area (Å²) in [4.78, 5) is 4.82. The van der Waals surface area contributed by atoms with Gasteiger partial charge in [-0.05, 0) is 100 Å². The summed E-state index contributed by atoms with van der Waals surface area (Å²) in [7, 11) is 0. The fourth-order valence-electron chi connectivity index (χ4n) is 10.2. The SMILES string of the molecule is CC(C)(C)c1ccc(N2c3cccc4c3B(c3oc5c(ccc6oc7ccccc7c65)c32)c2oc3c(ccc5oc6ccccc6c53)c2N4c2ccc(C(C)(C)C)cc2)cc1. The fourth-order valence-corrected chi connectivity index (χ4v) is 10.2. The molecule has 0 amide bonds. The molecule has 0 atom stereocenters. The lowest BCUT2D eigenvalue weighted by Crippen LogP contribution is -2.60. The predicted molar refractivity (Wildman–Crippen MR) is 252 cm³/mol. The van der Waals surface area contributed by atoms with E-state index in [-0.39, 0.29) is 17.5 Å². The molecule has 2 aliphatic rings. The third-order valence-electron chi connectivity index (χ3n) is 13.2. The molecule has 0 spiro atoms. The van der Waals surface area contributed by atoms with Crippen LogP contribution >= 0.6 is 0 Å². The molecule has 0 saturated heterocycles. The van der Waals surface area contributed by atoms with Gasteiger partial charge in [0.1, 0.15) is 44.8 Å². The molecular weight excluding hydrogens is 751 g/mol. The summed E-state index contributed by atoms with van der Waals surface area (Å²) in [6.45, 7) is 13.2. The summed E-state index contributed by atoms with van der Waals surface area (Å²) in [6, 6.07) is 49.8. The molecule has 4 aromatic heterocycles. The van der Waals surface area contributed by atoms with E-state index in [0.717, 1.165) is 117 Å². The zero-order valence-electron chi connectivity index (χ0n) is 34.9. The van der Waals surface area contributed by atoms with Crippen molar-refractivity contribution in [3.05, 3.63) is 151 Å². The lowest BCUT2D eigenvalue weighted by Gasteiger charge is -2.40. The van der Waals surface area contributed by atoms with E-state index in [1.165, 1.54) is 11.1 Å². The van der Waals surface area contributed by atoms with Crippen LogP contribution in [0, 0.1) is 0 Å². The van der Waals surface area contributed by atoms with Crippen molar-refractivity contribution in [2.24, 2.45) is 0 Å². The van der Waals surface area contributed by atoms with Gasteiger partial charge in [0.05, 0.1) is 22.1 Å². The second-order valence-corrected chi connectivity index (χ2v) is 18.9. The lowest BCUT2D eigenvalue weighted by atomic mass is 9.37. The van der Waals surface area contributed by atoms with Gasteiger partial charge in [-0.1, -0.05) is 108 Å². The van der Waals surface area contributed by atoms with Crippen molar-refractivity contribution in [2.75, 3.05) is 9.80 Å². The second kappa shape index (κ2) is 11.8. The summed E-state index contributed by atoms with van der Waals surface area (Å²) in [5, 5.41) is 6.05. The van der Waals surface area contributed by atoms with Crippen LogP contribution in [0.5, 0.6) is 0 Å². The average Bonchev–Trinajstić information content (AvgIpc) is 4.03. The predicted octanol–water partition coefficient (Wildman–Crippen LogP) is 13.7. The first kappa shape index (κ1) is 34.7. The largest absolute Gasteiger partial charge is 0.467 e. The molecule has 7 aromatic carbocycles. The lowest BCUT2D eigenvalue weighted by molar-refractivity contribution is 0.590. The van der Waals surface area contributed by atoms with Crippen molar-refractivity contribution in [1.29, 1.82) is 0 Å². The minimum absolute atomic E-state index is 0.00530. The van der Waals surface area contributed by atoms with E-state index < -0.39 is 0 Å². The summed E-state index contributed by atoms with van der Waals surface area (Å²) >= 11 is 0. The topological polar surface area (TPSA) is 59.0 Å². The minimum atomic E-state index is -0.368. The Morgan fingerprint density at radius 2 is 0.820 bits per heavy atom. The number of rotatable bonds is 2. The number of fused-ring (bicyclic) bond motifs is 16. The van der Waals surface area contributed by atoms with Crippen LogP contribution in [0.2, 0.25) is 0 Å². The van der Waals surface area contributed by atoms with Gasteiger partial charge in [0.25, 0.3) is 0 Å². The van der Waals surface area contributed by atoms with Gasteiger partial charge >= 0.3 is 6.71 Å². The van der Waals surface area contributed by atoms with E-state index in [4.69, 9.17) is 17.7 Å². The number of anilines is 6. The highest BCUT2D eigenvalue weighted by atomic mass is 16.4. The van der Waals surface area contributed by atoms with Crippen LogP contribution in [0.1, 0.15) is 52.7 Å². The molecule has 6 heterocycles. The maximum Gasteiger partial charge on any atom is 0.342 e. The van der Waals surface area contributed by atoms with Crippen molar-refractivity contribution < 1.29 is 17.7 Å². The van der Waals surface area contributed by atoms with Gasteiger partial charge in [0, 0.05) is 44.3 Å². The maximum atomic E-state index is 7.44. The number of benzene rings is 7. The Kier molecular flexibility index (Phi) is 6.71. The third kappa shape index (κ3) is 4.69. The molecule has 0 bridgehead atoms. The molecule has 2 aliphatic heterocycles. The van der Waals surface area contributed by atoms with Crippen LogP contribution in [0.3, 0.4) is 0 Å². The Hall–Kier alpha value is -7.12. The zero-order chi connectivity index (χ0) is 41.1. The zero-order valence-corrected chi connectivity index (χ0v) is 34.9. The molecule has 61 heavy (non-hydrogen) atoms. The van der Waals surface area contributed by atoms with E-state index >= 15 is 0 Å². The van der Waals surface area contributed by atoms with Gasteiger partial charge in [0.2, 0.25) is 0 Å². The Bertz CT molecular complexity index is 3390. The first-order valence-corrected chi connectivity index (χ1v) is 21.2. The smallest absolute Gasteiger partial charge is 0.342 e. The fraction of sp³-hybridized carbons (Fsp3) is 0.148. The van der Waals surface area contributed by atoms with Crippen molar-refractivity contribution >= 4 is 123 Å². The summed E-state index contributed by atoms with van der Waals surface area (Å²) in [6.07, 6.45) is 0. The molecular formula is C54H41BN2O4. The van der Waals surface area contributed by atoms with Gasteiger partial charge in [0.15, 0.2) is 0 Å².